The van der Waals surface area contributed by atoms with Crippen molar-refractivity contribution < 1.29 is 4.79 Å². The van der Waals surface area contributed by atoms with Gasteiger partial charge in [0.05, 0.1) is 39.4 Å². The SMILES string of the molecule is O=C(c1cc(Cl)ccc1-n1nccn1)N1CCCN1Cc1ccc2ncsc2c1. The monoisotopic (exact) mass is 424 g/mol. The number of halogens is 1. The van der Waals surface area contributed by atoms with Crippen molar-refractivity contribution in [1.82, 2.24) is 30.0 Å². The highest BCUT2D eigenvalue weighted by atomic mass is 35.5. The van der Waals surface area contributed by atoms with E-state index in [4.69, 9.17) is 11.6 Å². The lowest BCUT2D eigenvalue weighted by Gasteiger charge is -2.28. The Balaban J connectivity index is 1.44. The van der Waals surface area contributed by atoms with E-state index >= 15 is 0 Å². The highest BCUT2D eigenvalue weighted by Gasteiger charge is 2.29. The number of hydrogen-bond donors (Lipinski definition) is 0. The molecule has 5 rings (SSSR count). The number of hydrazine groups is 1. The molecule has 3 heterocycles. The fourth-order valence-corrected chi connectivity index (χ4v) is 4.51. The average Bonchev–Trinajstić information content (AvgIpc) is 3.48. The highest BCUT2D eigenvalue weighted by molar-refractivity contribution is 7.16. The molecule has 0 aliphatic carbocycles. The molecular formula is C20H17ClN6OS. The van der Waals surface area contributed by atoms with Crippen molar-refractivity contribution in [2.75, 3.05) is 13.1 Å². The summed E-state index contributed by atoms with van der Waals surface area (Å²) in [6.45, 7) is 2.15. The van der Waals surface area contributed by atoms with Crippen LogP contribution in [-0.2, 0) is 6.54 Å². The predicted octanol–water partition coefficient (Wildman–Crippen LogP) is 3.79. The molecule has 2 aromatic carbocycles. The topological polar surface area (TPSA) is 67.2 Å². The van der Waals surface area contributed by atoms with E-state index in [2.05, 4.69) is 32.3 Å². The van der Waals surface area contributed by atoms with Crippen molar-refractivity contribution in [3.8, 4) is 5.69 Å². The molecule has 0 atom stereocenters. The lowest BCUT2D eigenvalue weighted by Crippen LogP contribution is -2.41. The zero-order chi connectivity index (χ0) is 19.8. The van der Waals surface area contributed by atoms with Gasteiger partial charge in [-0.05, 0) is 42.3 Å². The maximum absolute atomic E-state index is 13.4. The molecule has 29 heavy (non-hydrogen) atoms. The van der Waals surface area contributed by atoms with Gasteiger partial charge in [-0.3, -0.25) is 9.80 Å². The molecule has 0 unspecified atom stereocenters. The van der Waals surface area contributed by atoms with Gasteiger partial charge in [0.1, 0.15) is 0 Å². The number of carbonyl (C=O) groups is 1. The zero-order valence-electron chi connectivity index (χ0n) is 15.4. The van der Waals surface area contributed by atoms with Gasteiger partial charge in [0.25, 0.3) is 5.91 Å². The molecular weight excluding hydrogens is 408 g/mol. The summed E-state index contributed by atoms with van der Waals surface area (Å²) in [5.74, 6) is -0.101. The summed E-state index contributed by atoms with van der Waals surface area (Å²) in [6, 6.07) is 11.4. The molecule has 1 saturated heterocycles. The number of amides is 1. The van der Waals surface area contributed by atoms with Crippen molar-refractivity contribution in [1.29, 1.82) is 0 Å². The fourth-order valence-electron chi connectivity index (χ4n) is 3.60. The number of thiazole rings is 1. The van der Waals surface area contributed by atoms with Crippen LogP contribution in [0.4, 0.5) is 0 Å². The van der Waals surface area contributed by atoms with Gasteiger partial charge in [0.15, 0.2) is 0 Å². The maximum atomic E-state index is 13.4. The Kier molecular flexibility index (Phi) is 4.75. The Morgan fingerprint density at radius 2 is 1.97 bits per heavy atom. The first-order chi connectivity index (χ1) is 14.2. The van der Waals surface area contributed by atoms with Crippen LogP contribution in [0.3, 0.4) is 0 Å². The van der Waals surface area contributed by atoms with E-state index in [-0.39, 0.29) is 5.91 Å². The molecule has 0 spiro atoms. The maximum Gasteiger partial charge on any atom is 0.270 e. The molecule has 1 aliphatic rings. The number of hydrogen-bond acceptors (Lipinski definition) is 6. The third-order valence-corrected chi connectivity index (χ3v) is 5.97. The minimum atomic E-state index is -0.101. The van der Waals surface area contributed by atoms with Crippen molar-refractivity contribution in [2.24, 2.45) is 0 Å². The van der Waals surface area contributed by atoms with Gasteiger partial charge < -0.3 is 0 Å². The molecule has 1 aliphatic heterocycles. The molecule has 2 aromatic heterocycles. The summed E-state index contributed by atoms with van der Waals surface area (Å²) in [7, 11) is 0. The third-order valence-electron chi connectivity index (χ3n) is 4.95. The molecule has 0 saturated carbocycles. The smallest absolute Gasteiger partial charge is 0.270 e. The van der Waals surface area contributed by atoms with Crippen molar-refractivity contribution in [2.45, 2.75) is 13.0 Å². The van der Waals surface area contributed by atoms with E-state index in [0.29, 0.717) is 29.4 Å². The molecule has 7 nitrogen and oxygen atoms in total. The first kappa shape index (κ1) is 18.2. The highest BCUT2D eigenvalue weighted by Crippen LogP contribution is 2.25. The minimum Gasteiger partial charge on any atom is -0.271 e. The standard InChI is InChI=1S/C20H17ClN6OS/c21-15-3-5-18(27-23-6-7-24-27)16(11-15)20(28)26-9-1-8-25(26)12-14-2-4-17-19(10-14)29-13-22-17/h2-7,10-11,13H,1,8-9,12H2. The summed E-state index contributed by atoms with van der Waals surface area (Å²) in [4.78, 5) is 19.2. The van der Waals surface area contributed by atoms with Gasteiger partial charge in [-0.15, -0.1) is 11.3 Å². The first-order valence-electron chi connectivity index (χ1n) is 9.24. The van der Waals surface area contributed by atoms with E-state index < -0.39 is 0 Å². The van der Waals surface area contributed by atoms with E-state index in [9.17, 15) is 4.79 Å². The number of benzene rings is 2. The van der Waals surface area contributed by atoms with E-state index in [1.54, 1.807) is 46.9 Å². The summed E-state index contributed by atoms with van der Waals surface area (Å²) in [5.41, 5.74) is 5.11. The van der Waals surface area contributed by atoms with Crippen LogP contribution in [0.15, 0.2) is 54.3 Å². The Labute approximate surface area is 176 Å². The van der Waals surface area contributed by atoms with Crippen molar-refractivity contribution in [3.63, 3.8) is 0 Å². The largest absolute Gasteiger partial charge is 0.271 e. The first-order valence-corrected chi connectivity index (χ1v) is 10.5. The second kappa shape index (κ2) is 7.55. The molecule has 146 valence electrons. The predicted molar refractivity (Wildman–Crippen MR) is 112 cm³/mol. The van der Waals surface area contributed by atoms with Crippen LogP contribution in [0, 0.1) is 0 Å². The summed E-state index contributed by atoms with van der Waals surface area (Å²) in [5, 5.41) is 12.7. The van der Waals surface area contributed by atoms with Gasteiger partial charge in [0.2, 0.25) is 0 Å². The molecule has 1 fully saturated rings. The van der Waals surface area contributed by atoms with Gasteiger partial charge in [-0.25, -0.2) is 9.99 Å². The Bertz CT molecular complexity index is 1170. The van der Waals surface area contributed by atoms with Crippen LogP contribution in [0.1, 0.15) is 22.3 Å². The van der Waals surface area contributed by atoms with Crippen LogP contribution >= 0.6 is 22.9 Å². The lowest BCUT2D eigenvalue weighted by atomic mass is 10.1. The molecule has 0 radical (unpaired) electrons. The van der Waals surface area contributed by atoms with Crippen LogP contribution in [-0.4, -0.2) is 49.0 Å². The van der Waals surface area contributed by atoms with Crippen LogP contribution in [0.5, 0.6) is 0 Å². The van der Waals surface area contributed by atoms with Crippen molar-refractivity contribution >= 4 is 39.1 Å². The van der Waals surface area contributed by atoms with Gasteiger partial charge in [-0.1, -0.05) is 17.7 Å². The quantitative estimate of drug-likeness (QED) is 0.498. The zero-order valence-corrected chi connectivity index (χ0v) is 17.0. The molecule has 0 bridgehead atoms. The average molecular weight is 425 g/mol. The van der Waals surface area contributed by atoms with E-state index in [1.807, 2.05) is 11.6 Å². The summed E-state index contributed by atoms with van der Waals surface area (Å²) >= 11 is 7.82. The van der Waals surface area contributed by atoms with Crippen LogP contribution < -0.4 is 0 Å². The molecule has 4 aromatic rings. The lowest BCUT2D eigenvalue weighted by molar-refractivity contribution is 0.0170. The second-order valence-corrected chi connectivity index (χ2v) is 8.13. The summed E-state index contributed by atoms with van der Waals surface area (Å²) in [6.07, 6.45) is 4.09. The number of aromatic nitrogens is 4. The number of nitrogens with zero attached hydrogens (tertiary/aromatic N) is 6. The Hall–Kier alpha value is -2.81. The Morgan fingerprint density at radius 1 is 1.10 bits per heavy atom. The van der Waals surface area contributed by atoms with Crippen LogP contribution in [0.2, 0.25) is 5.02 Å². The molecule has 1 amide bonds. The van der Waals surface area contributed by atoms with Gasteiger partial charge >= 0.3 is 0 Å². The fraction of sp³-hybridized carbons (Fsp3) is 0.200. The minimum absolute atomic E-state index is 0.101. The molecule has 9 heteroatoms. The number of rotatable bonds is 4. The van der Waals surface area contributed by atoms with E-state index in [0.717, 1.165) is 28.7 Å². The normalized spacial score (nSPS) is 14.7. The van der Waals surface area contributed by atoms with Gasteiger partial charge in [-0.2, -0.15) is 15.0 Å². The van der Waals surface area contributed by atoms with Gasteiger partial charge in [0, 0.05) is 24.7 Å². The number of fused-ring (bicyclic) bond motifs is 1. The molecule has 0 N–H and O–H groups in total. The number of carbonyl (C=O) groups excluding carboxylic acids is 1. The van der Waals surface area contributed by atoms with E-state index in [1.165, 1.54) is 4.80 Å². The third kappa shape index (κ3) is 3.50. The van der Waals surface area contributed by atoms with Crippen molar-refractivity contribution in [3.05, 3.63) is 70.5 Å². The van der Waals surface area contributed by atoms with Crippen LogP contribution in [0.25, 0.3) is 15.9 Å². The second-order valence-electron chi connectivity index (χ2n) is 6.80. The Morgan fingerprint density at radius 3 is 2.83 bits per heavy atom. The summed E-state index contributed by atoms with van der Waals surface area (Å²) < 4.78 is 1.15.